The summed E-state index contributed by atoms with van der Waals surface area (Å²) in [5.74, 6) is -0.0182. The molecule has 0 N–H and O–H groups in total. The summed E-state index contributed by atoms with van der Waals surface area (Å²) < 4.78 is 27.9. The Kier molecular flexibility index (Phi) is 5.29. The lowest BCUT2D eigenvalue weighted by Gasteiger charge is -2.25. The summed E-state index contributed by atoms with van der Waals surface area (Å²) in [5.41, 5.74) is 3.19. The van der Waals surface area contributed by atoms with Crippen LogP contribution in [-0.2, 0) is 16.4 Å². The van der Waals surface area contributed by atoms with Crippen LogP contribution in [0.2, 0.25) is 0 Å². The van der Waals surface area contributed by atoms with E-state index in [0.717, 1.165) is 11.1 Å². The van der Waals surface area contributed by atoms with Crippen molar-refractivity contribution in [3.8, 4) is 0 Å². The quantitative estimate of drug-likeness (QED) is 0.789. The van der Waals surface area contributed by atoms with E-state index in [2.05, 4.69) is 0 Å². The number of anilines is 1. The largest absolute Gasteiger partial charge is 0.339 e. The van der Waals surface area contributed by atoms with Gasteiger partial charge in [0, 0.05) is 24.7 Å². The summed E-state index contributed by atoms with van der Waals surface area (Å²) in [7, 11) is -3.64. The second-order valence-corrected chi connectivity index (χ2v) is 8.80. The molecule has 0 saturated carbocycles. The van der Waals surface area contributed by atoms with E-state index in [1.54, 1.807) is 41.3 Å². The number of carbonyl (C=O) groups is 1. The average molecular weight is 387 g/mol. The smallest absolute Gasteiger partial charge is 0.264 e. The number of fused-ring (bicyclic) bond motifs is 1. The number of aryl methyl sites for hydroxylation is 1. The van der Waals surface area contributed by atoms with Crippen molar-refractivity contribution >= 4 is 21.6 Å². The molecular weight excluding hydrogens is 360 g/mol. The van der Waals surface area contributed by atoms with Gasteiger partial charge >= 0.3 is 0 Å². The Bertz CT molecular complexity index is 948. The van der Waals surface area contributed by atoms with Crippen molar-refractivity contribution in [1.29, 1.82) is 0 Å². The first-order chi connectivity index (χ1) is 12.8. The van der Waals surface area contributed by atoms with E-state index >= 15 is 0 Å². The molecule has 1 aliphatic rings. The summed E-state index contributed by atoms with van der Waals surface area (Å²) >= 11 is 0. The molecule has 0 spiro atoms. The average Bonchev–Trinajstić information content (AvgIpc) is 2.98. The zero-order valence-corrected chi connectivity index (χ0v) is 17.1. The van der Waals surface area contributed by atoms with Crippen molar-refractivity contribution in [2.45, 2.75) is 45.1 Å². The van der Waals surface area contributed by atoms with Crippen LogP contribution in [0.1, 0.15) is 42.3 Å². The monoisotopic (exact) mass is 386 g/mol. The molecule has 0 saturated heterocycles. The van der Waals surface area contributed by atoms with Crippen LogP contribution in [-0.4, -0.2) is 38.4 Å². The lowest BCUT2D eigenvalue weighted by atomic mass is 10.1. The van der Waals surface area contributed by atoms with Crippen LogP contribution in [0.4, 0.5) is 5.69 Å². The Morgan fingerprint density at radius 1 is 1.11 bits per heavy atom. The van der Waals surface area contributed by atoms with Gasteiger partial charge in [0.1, 0.15) is 0 Å². The summed E-state index contributed by atoms with van der Waals surface area (Å²) in [4.78, 5) is 14.7. The molecule has 6 heteroatoms. The number of hydrogen-bond acceptors (Lipinski definition) is 3. The lowest BCUT2D eigenvalue weighted by molar-refractivity contribution is 0.0773. The maximum atomic E-state index is 13.2. The van der Waals surface area contributed by atoms with Crippen molar-refractivity contribution in [2.24, 2.45) is 0 Å². The molecular formula is C21H26N2O3S. The maximum absolute atomic E-state index is 13.2. The molecule has 2 aromatic rings. The van der Waals surface area contributed by atoms with Crippen LogP contribution in [0.5, 0.6) is 0 Å². The number of carbonyl (C=O) groups excluding carboxylic acids is 1. The number of sulfonamides is 1. The fraction of sp³-hybridized carbons (Fsp3) is 0.381. The van der Waals surface area contributed by atoms with Gasteiger partial charge in [-0.25, -0.2) is 8.42 Å². The van der Waals surface area contributed by atoms with Gasteiger partial charge in [0.15, 0.2) is 0 Å². The fourth-order valence-electron chi connectivity index (χ4n) is 3.62. The minimum Gasteiger partial charge on any atom is -0.339 e. The molecule has 3 rings (SSSR count). The van der Waals surface area contributed by atoms with E-state index in [0.29, 0.717) is 30.8 Å². The van der Waals surface area contributed by atoms with Gasteiger partial charge < -0.3 is 4.90 Å². The summed E-state index contributed by atoms with van der Waals surface area (Å²) in [6, 6.07) is 12.1. The van der Waals surface area contributed by atoms with E-state index < -0.39 is 10.0 Å². The van der Waals surface area contributed by atoms with Gasteiger partial charge in [0.25, 0.3) is 15.9 Å². The first-order valence-electron chi connectivity index (χ1n) is 9.32. The molecule has 0 aliphatic carbocycles. The highest BCUT2D eigenvalue weighted by atomic mass is 32.2. The van der Waals surface area contributed by atoms with Crippen molar-refractivity contribution in [3.63, 3.8) is 0 Å². The summed E-state index contributed by atoms with van der Waals surface area (Å²) in [6.07, 6.45) is 0.597. The molecule has 1 atom stereocenters. The first-order valence-corrected chi connectivity index (χ1v) is 10.8. The lowest BCUT2D eigenvalue weighted by Crippen LogP contribution is -2.35. The van der Waals surface area contributed by atoms with E-state index in [-0.39, 0.29) is 16.8 Å². The molecule has 1 amide bonds. The molecule has 0 bridgehead atoms. The van der Waals surface area contributed by atoms with E-state index in [1.165, 1.54) is 4.31 Å². The highest BCUT2D eigenvalue weighted by molar-refractivity contribution is 7.92. The maximum Gasteiger partial charge on any atom is 0.264 e. The second kappa shape index (κ2) is 7.35. The van der Waals surface area contributed by atoms with Gasteiger partial charge in [-0.15, -0.1) is 0 Å². The number of hydrogen-bond donors (Lipinski definition) is 0. The zero-order valence-electron chi connectivity index (χ0n) is 16.3. The van der Waals surface area contributed by atoms with E-state index in [1.807, 2.05) is 33.8 Å². The molecule has 1 heterocycles. The summed E-state index contributed by atoms with van der Waals surface area (Å²) in [6.45, 7) is 9.03. The third-order valence-corrected chi connectivity index (χ3v) is 7.05. The van der Waals surface area contributed by atoms with Crippen LogP contribution >= 0.6 is 0 Å². The molecule has 0 unspecified atom stereocenters. The van der Waals surface area contributed by atoms with Crippen molar-refractivity contribution in [2.75, 3.05) is 17.4 Å². The predicted molar refractivity (Wildman–Crippen MR) is 108 cm³/mol. The van der Waals surface area contributed by atoms with Crippen LogP contribution in [0, 0.1) is 6.92 Å². The third-order valence-electron chi connectivity index (χ3n) is 5.11. The predicted octanol–water partition coefficient (Wildman–Crippen LogP) is 3.62. The molecule has 144 valence electrons. The Labute approximate surface area is 161 Å². The molecule has 0 radical (unpaired) electrons. The van der Waals surface area contributed by atoms with Crippen LogP contribution in [0.15, 0.2) is 47.4 Å². The summed E-state index contributed by atoms with van der Waals surface area (Å²) in [5, 5.41) is 0. The number of rotatable bonds is 5. The van der Waals surface area contributed by atoms with Gasteiger partial charge in [0.2, 0.25) is 0 Å². The van der Waals surface area contributed by atoms with Gasteiger partial charge in [-0.05, 0) is 70.0 Å². The zero-order chi connectivity index (χ0) is 19.8. The molecule has 0 fully saturated rings. The minimum atomic E-state index is -3.64. The van der Waals surface area contributed by atoms with Crippen LogP contribution in [0.25, 0.3) is 0 Å². The Hall–Kier alpha value is -2.34. The van der Waals surface area contributed by atoms with Crippen molar-refractivity contribution in [1.82, 2.24) is 4.90 Å². The second-order valence-electron chi connectivity index (χ2n) is 6.99. The Morgan fingerprint density at radius 3 is 2.33 bits per heavy atom. The van der Waals surface area contributed by atoms with E-state index in [4.69, 9.17) is 0 Å². The molecule has 2 aromatic carbocycles. The topological polar surface area (TPSA) is 57.7 Å². The first kappa shape index (κ1) is 19.4. The Morgan fingerprint density at radius 2 is 1.74 bits per heavy atom. The highest BCUT2D eigenvalue weighted by Gasteiger charge is 2.36. The normalized spacial score (nSPS) is 16.3. The standard InChI is InChI=1S/C21H26N2O3S/c1-5-22(6-2)21(24)17-9-12-20-18(14-17)13-16(4)23(20)27(25,26)19-10-7-15(3)8-11-19/h7-12,14,16H,5-6,13H2,1-4H3/t16-/m0/s1. The molecule has 27 heavy (non-hydrogen) atoms. The molecule has 0 aromatic heterocycles. The van der Waals surface area contributed by atoms with Gasteiger partial charge in [0.05, 0.1) is 10.6 Å². The number of amides is 1. The van der Waals surface area contributed by atoms with Gasteiger partial charge in [-0.3, -0.25) is 9.10 Å². The minimum absolute atomic E-state index is 0.0182. The van der Waals surface area contributed by atoms with Crippen LogP contribution in [0.3, 0.4) is 0 Å². The number of benzene rings is 2. The van der Waals surface area contributed by atoms with Crippen LogP contribution < -0.4 is 4.31 Å². The van der Waals surface area contributed by atoms with Crippen molar-refractivity contribution < 1.29 is 13.2 Å². The highest BCUT2D eigenvalue weighted by Crippen LogP contribution is 2.37. The SMILES string of the molecule is CCN(CC)C(=O)c1ccc2c(c1)C[C@H](C)N2S(=O)(=O)c1ccc(C)cc1. The Balaban J connectivity index is 1.99. The van der Waals surface area contributed by atoms with E-state index in [9.17, 15) is 13.2 Å². The third kappa shape index (κ3) is 3.46. The molecule has 5 nitrogen and oxygen atoms in total. The van der Waals surface area contributed by atoms with Gasteiger partial charge in [-0.1, -0.05) is 17.7 Å². The van der Waals surface area contributed by atoms with Gasteiger partial charge in [-0.2, -0.15) is 0 Å². The molecule has 1 aliphatic heterocycles. The fourth-order valence-corrected chi connectivity index (χ4v) is 5.31. The van der Waals surface area contributed by atoms with Crippen molar-refractivity contribution in [3.05, 3.63) is 59.2 Å². The number of nitrogens with zero attached hydrogens (tertiary/aromatic N) is 2.